The fourth-order valence-electron chi connectivity index (χ4n) is 13.2. The minimum absolute atomic E-state index is 0.0178. The highest BCUT2D eigenvalue weighted by Crippen LogP contribution is 2.42. The fourth-order valence-corrected chi connectivity index (χ4v) is 13.2. The van der Waals surface area contributed by atoms with Crippen molar-refractivity contribution in [2.45, 2.75) is 256 Å². The molecule has 4 aromatic rings. The molecule has 24 nitrogen and oxygen atoms in total. The zero-order chi connectivity index (χ0) is 80.1. The van der Waals surface area contributed by atoms with Crippen LogP contribution in [-0.4, -0.2) is 189 Å². The number of aliphatic hydroxyl groups is 2. The summed E-state index contributed by atoms with van der Waals surface area (Å²) >= 11 is 0. The largest absolute Gasteiger partial charge is 0.463 e. The van der Waals surface area contributed by atoms with Crippen molar-refractivity contribution in [3.63, 3.8) is 0 Å². The first kappa shape index (κ1) is 91.4. The summed E-state index contributed by atoms with van der Waals surface area (Å²) in [4.78, 5) is 113. The quantitative estimate of drug-likeness (QED) is 0.0171. The lowest BCUT2D eigenvalue weighted by Gasteiger charge is -2.32. The molecule has 3 aliphatic rings. The highest BCUT2D eigenvalue weighted by molar-refractivity contribution is 6.47. The molecule has 3 fully saturated rings. The summed E-state index contributed by atoms with van der Waals surface area (Å²) in [5, 5.41) is 49.2. The third-order valence-electron chi connectivity index (χ3n) is 21.2. The molecule has 596 valence electrons. The van der Waals surface area contributed by atoms with E-state index in [1.165, 1.54) is 0 Å². The molecule has 2 unspecified atom stereocenters. The van der Waals surface area contributed by atoms with E-state index in [1.807, 2.05) is 177 Å². The Kier molecular flexibility index (Phi) is 37.2. The standard InChI is InChI=1S/C41H62BN5O6.C35H52BN5O6.C6H14O2/c1-28(2)23-31(26-36(48)35(25-30-17-11-8-12-18-30)46-38(50)33(44)24-29-15-9-7-10-16-29)37(49)45-34(19-13-14-21-43)39(51)47-22-20-32(27-47)42-52-40(3,4)41(5,6)53-42;1-24(2)19-27(33(43)39-30(15-9-10-17-37)35(45)41-18-16-28(23-41)36(46)47)22-32(42)31(21-26-13-7-4-8-14-26)40-34(44)29(38)20-25-11-5-3-6-12-25;1-5(2,7)6(3,4)8/h7-12,15-18,28,31-35H,13-14,19-27,43-44H2,1-6H3,(H,45,49)(H,46,50);3-8,11-14,24,27-31,46-47H,9-10,15-23,37-38H2,1-2H3,(H,39,43)(H,40,44);7-8H,1-4H3/t31-,32?,33+,34+,35+;27-,28?,29+,30+,31+;/m00./s1. The number of nitrogens with zero attached hydrogens (tertiary/aromatic N) is 2. The first-order valence-electron chi connectivity index (χ1n) is 38.9. The number of carbonyl (C=O) groups excluding carboxylic acids is 8. The third-order valence-corrected chi connectivity index (χ3v) is 21.2. The maximum Gasteiger partial charge on any atom is 0.463 e. The maximum atomic E-state index is 14.1. The van der Waals surface area contributed by atoms with E-state index in [2.05, 4.69) is 21.3 Å². The predicted octanol–water partition coefficient (Wildman–Crippen LogP) is 6.34. The van der Waals surface area contributed by atoms with Crippen molar-refractivity contribution >= 4 is 61.2 Å². The van der Waals surface area contributed by atoms with Crippen LogP contribution in [0.1, 0.15) is 182 Å². The van der Waals surface area contributed by atoms with Gasteiger partial charge in [0.1, 0.15) is 12.1 Å². The van der Waals surface area contributed by atoms with Crippen molar-refractivity contribution in [1.82, 2.24) is 31.1 Å². The van der Waals surface area contributed by atoms with E-state index in [1.54, 1.807) is 37.5 Å². The van der Waals surface area contributed by atoms with Crippen LogP contribution in [0.4, 0.5) is 0 Å². The van der Waals surface area contributed by atoms with Crippen molar-refractivity contribution in [3.05, 3.63) is 144 Å². The van der Waals surface area contributed by atoms with E-state index < -0.39 is 108 Å². The Morgan fingerprint density at radius 1 is 0.500 bits per heavy atom. The molecule has 0 aromatic heterocycles. The first-order valence-corrected chi connectivity index (χ1v) is 38.9. The first-order chi connectivity index (χ1) is 50.8. The van der Waals surface area contributed by atoms with Crippen molar-refractivity contribution in [2.24, 2.45) is 46.6 Å². The number of rotatable bonds is 39. The molecule has 0 saturated carbocycles. The second kappa shape index (κ2) is 44.0. The highest BCUT2D eigenvalue weighted by atomic mass is 16.7. The molecule has 3 heterocycles. The number of carbonyl (C=O) groups is 8. The number of Topliss-reactive ketones (excluding diaryl/α,β-unsaturated/α-hetero) is 2. The summed E-state index contributed by atoms with van der Waals surface area (Å²) in [7, 11) is -1.93. The lowest BCUT2D eigenvalue weighted by Crippen LogP contribution is -2.52. The molecule has 7 rings (SSSR count). The Labute approximate surface area is 642 Å². The summed E-state index contributed by atoms with van der Waals surface area (Å²) in [6.07, 6.45) is 6.47. The zero-order valence-electron chi connectivity index (χ0n) is 66.3. The second-order valence-electron chi connectivity index (χ2n) is 32.6. The Balaban J connectivity index is 0.000000353. The van der Waals surface area contributed by atoms with Crippen molar-refractivity contribution in [2.75, 3.05) is 39.3 Å². The van der Waals surface area contributed by atoms with Crippen LogP contribution in [0.25, 0.3) is 0 Å². The molecule has 16 N–H and O–H groups in total. The fraction of sp³-hybridized carbons (Fsp3) is 0.610. The van der Waals surface area contributed by atoms with E-state index in [9.17, 15) is 48.4 Å². The maximum absolute atomic E-state index is 14.1. The van der Waals surface area contributed by atoms with Gasteiger partial charge in [-0.3, -0.25) is 38.4 Å². The van der Waals surface area contributed by atoms with Crippen molar-refractivity contribution in [1.29, 1.82) is 0 Å². The van der Waals surface area contributed by atoms with Crippen LogP contribution in [0.15, 0.2) is 121 Å². The van der Waals surface area contributed by atoms with Crippen LogP contribution in [0.3, 0.4) is 0 Å². The Morgan fingerprint density at radius 3 is 1.14 bits per heavy atom. The van der Waals surface area contributed by atoms with Crippen molar-refractivity contribution in [3.8, 4) is 0 Å². The molecule has 6 amide bonds. The van der Waals surface area contributed by atoms with Crippen LogP contribution in [0, 0.1) is 23.7 Å². The van der Waals surface area contributed by atoms with Crippen LogP contribution in [0.2, 0.25) is 11.6 Å². The average molecular weight is 1500 g/mol. The van der Waals surface area contributed by atoms with Gasteiger partial charge < -0.3 is 83.6 Å². The Hall–Kier alpha value is -7.23. The summed E-state index contributed by atoms with van der Waals surface area (Å²) in [6.45, 7) is 24.8. The van der Waals surface area contributed by atoms with Crippen LogP contribution in [-0.2, 0) is 73.3 Å². The van der Waals surface area contributed by atoms with Gasteiger partial charge in [-0.15, -0.1) is 0 Å². The monoisotopic (exact) mass is 1500 g/mol. The molecule has 4 aromatic carbocycles. The molecule has 26 heteroatoms. The van der Waals surface area contributed by atoms with Gasteiger partial charge in [0.15, 0.2) is 11.6 Å². The van der Waals surface area contributed by atoms with E-state index in [0.29, 0.717) is 96.9 Å². The van der Waals surface area contributed by atoms with Gasteiger partial charge in [-0.1, -0.05) is 149 Å². The number of ketones is 2. The predicted molar refractivity (Wildman–Crippen MR) is 424 cm³/mol. The number of hydrogen-bond donors (Lipinski definition) is 12. The van der Waals surface area contributed by atoms with Crippen LogP contribution < -0.4 is 44.2 Å². The molecule has 0 bridgehead atoms. The van der Waals surface area contributed by atoms with Gasteiger partial charge in [-0.25, -0.2) is 0 Å². The second-order valence-corrected chi connectivity index (χ2v) is 32.6. The number of unbranched alkanes of at least 4 members (excludes halogenated alkanes) is 2. The molecule has 3 aliphatic heterocycles. The number of nitrogens with one attached hydrogen (secondary N) is 4. The summed E-state index contributed by atoms with van der Waals surface area (Å²) in [6, 6.07) is 32.6. The summed E-state index contributed by atoms with van der Waals surface area (Å²) < 4.78 is 12.6. The van der Waals surface area contributed by atoms with Crippen LogP contribution >= 0.6 is 0 Å². The van der Waals surface area contributed by atoms with E-state index >= 15 is 0 Å². The molecular weight excluding hydrogens is 1370 g/mol. The zero-order valence-corrected chi connectivity index (χ0v) is 66.3. The molecule has 0 radical (unpaired) electrons. The van der Waals surface area contributed by atoms with Crippen molar-refractivity contribution < 1.29 is 67.9 Å². The van der Waals surface area contributed by atoms with Gasteiger partial charge in [0.05, 0.1) is 46.6 Å². The number of benzene rings is 4. The van der Waals surface area contributed by atoms with Gasteiger partial charge in [0.2, 0.25) is 35.4 Å². The van der Waals surface area contributed by atoms with E-state index in [0.717, 1.165) is 35.1 Å². The molecule has 0 aliphatic carbocycles. The Bertz CT molecular complexity index is 3390. The summed E-state index contributed by atoms with van der Waals surface area (Å²) in [5.74, 6) is -4.27. The third kappa shape index (κ3) is 30.2. The van der Waals surface area contributed by atoms with E-state index in [-0.39, 0.29) is 79.2 Å². The van der Waals surface area contributed by atoms with Gasteiger partial charge in [0.25, 0.3) is 0 Å². The van der Waals surface area contributed by atoms with Crippen LogP contribution in [0.5, 0.6) is 0 Å². The van der Waals surface area contributed by atoms with Gasteiger partial charge in [-0.05, 0) is 192 Å². The smallest absolute Gasteiger partial charge is 0.427 e. The Morgan fingerprint density at radius 2 is 0.824 bits per heavy atom. The summed E-state index contributed by atoms with van der Waals surface area (Å²) in [5.41, 5.74) is 24.7. The average Bonchev–Trinajstić information content (AvgIpc) is 1.62. The number of likely N-dealkylation sites (tertiary alicyclic amines) is 2. The SMILES string of the molecule is CC(C)(O)C(C)(C)O.CC(C)C[C@@H](CC(=O)[C@@H](Cc1ccccc1)NC(=O)[C@H](N)Cc1ccccc1)C(=O)N[C@H](CCCCN)C(=O)N1CCC(B(O)O)C1.CC(C)C[C@@H](CC(=O)[C@@H](Cc1ccccc1)NC(=O)[C@H](N)Cc1ccccc1)C(=O)N[C@H](CCCCN)C(=O)N1CCC(B2OC(C)(C)C(C)(C)O2)C1. The topological polar surface area (TPSA) is 395 Å². The molecular formula is C82H128B2N10O14. The minimum atomic E-state index is -1.52. The molecule has 0 spiro atoms. The minimum Gasteiger partial charge on any atom is -0.427 e. The van der Waals surface area contributed by atoms with E-state index in [4.69, 9.17) is 42.5 Å². The molecule has 3 saturated heterocycles. The number of nitrogens with two attached hydrogens (primary N) is 4. The highest BCUT2D eigenvalue weighted by Gasteiger charge is 2.55. The lowest BCUT2D eigenvalue weighted by molar-refractivity contribution is -0.138. The molecule has 108 heavy (non-hydrogen) atoms. The number of hydrogen-bond acceptors (Lipinski definition) is 18. The van der Waals surface area contributed by atoms with Gasteiger partial charge in [-0.2, -0.15) is 0 Å². The lowest BCUT2D eigenvalue weighted by atomic mass is 9.71. The normalized spacial score (nSPS) is 18.4. The van der Waals surface area contributed by atoms with Gasteiger partial charge in [0, 0.05) is 62.5 Å². The molecule has 10 atom stereocenters. The number of amides is 6. The van der Waals surface area contributed by atoms with Gasteiger partial charge >= 0.3 is 14.2 Å².